The first-order chi connectivity index (χ1) is 12.0. The van der Waals surface area contributed by atoms with E-state index in [9.17, 15) is 9.59 Å². The van der Waals surface area contributed by atoms with E-state index in [2.05, 4.69) is 0 Å². The second kappa shape index (κ2) is 7.93. The van der Waals surface area contributed by atoms with Gasteiger partial charge in [0.2, 0.25) is 0 Å². The molecule has 1 atom stereocenters. The van der Waals surface area contributed by atoms with Crippen molar-refractivity contribution in [3.05, 3.63) is 59.1 Å². The number of para-hydroxylation sites is 1. The second-order valence-electron chi connectivity index (χ2n) is 5.75. The molecule has 0 fully saturated rings. The average Bonchev–Trinajstić information content (AvgIpc) is 3.05. The molecule has 0 unspecified atom stereocenters. The van der Waals surface area contributed by atoms with Gasteiger partial charge in [0.1, 0.15) is 5.25 Å². The quantitative estimate of drug-likeness (QED) is 0.586. The Morgan fingerprint density at radius 2 is 1.92 bits per heavy atom. The number of amides is 1. The number of ether oxygens (including phenoxy) is 1. The summed E-state index contributed by atoms with van der Waals surface area (Å²) in [6.07, 6.45) is 0.832. The molecule has 1 amide bonds. The lowest BCUT2D eigenvalue weighted by molar-refractivity contribution is -0.146. The van der Waals surface area contributed by atoms with Gasteiger partial charge in [0.25, 0.3) is 5.91 Å². The Morgan fingerprint density at radius 1 is 1.20 bits per heavy atom. The first-order valence-corrected chi connectivity index (χ1v) is 9.27. The van der Waals surface area contributed by atoms with Crippen molar-refractivity contribution < 1.29 is 14.3 Å². The molecule has 2 aromatic rings. The van der Waals surface area contributed by atoms with Crippen LogP contribution < -0.4 is 4.90 Å². The van der Waals surface area contributed by atoms with Crippen molar-refractivity contribution in [1.82, 2.24) is 0 Å². The van der Waals surface area contributed by atoms with Crippen molar-refractivity contribution in [2.45, 2.75) is 23.5 Å². The largest absolute Gasteiger partial charge is 0.455 e. The lowest BCUT2D eigenvalue weighted by atomic mass is 10.2. The van der Waals surface area contributed by atoms with E-state index in [4.69, 9.17) is 16.3 Å². The van der Waals surface area contributed by atoms with Crippen LogP contribution in [0.25, 0.3) is 0 Å². The van der Waals surface area contributed by atoms with Gasteiger partial charge in [-0.05, 0) is 49.2 Å². The van der Waals surface area contributed by atoms with Gasteiger partial charge in [-0.1, -0.05) is 29.8 Å². The highest BCUT2D eigenvalue weighted by Gasteiger charge is 2.25. The number of benzene rings is 2. The molecule has 1 aliphatic heterocycles. The molecular formula is C19H18ClNO3S. The number of rotatable bonds is 5. The van der Waals surface area contributed by atoms with E-state index in [1.165, 1.54) is 11.8 Å². The molecule has 4 nitrogen and oxygen atoms in total. The minimum absolute atomic E-state index is 0.193. The summed E-state index contributed by atoms with van der Waals surface area (Å²) in [5, 5.41) is 0.246. The fraction of sp³-hybridized carbons (Fsp3) is 0.263. The van der Waals surface area contributed by atoms with Gasteiger partial charge in [-0.3, -0.25) is 9.59 Å². The smallest absolute Gasteiger partial charge is 0.319 e. The summed E-state index contributed by atoms with van der Waals surface area (Å²) in [7, 11) is 0. The second-order valence-corrected chi connectivity index (χ2v) is 7.60. The zero-order chi connectivity index (χ0) is 17.8. The van der Waals surface area contributed by atoms with Gasteiger partial charge in [0.05, 0.1) is 0 Å². The first kappa shape index (κ1) is 17.8. The van der Waals surface area contributed by atoms with E-state index >= 15 is 0 Å². The summed E-state index contributed by atoms with van der Waals surface area (Å²) in [6, 6.07) is 15.0. The lowest BCUT2D eigenvalue weighted by Gasteiger charge is -2.18. The third-order valence-electron chi connectivity index (χ3n) is 3.98. The molecule has 1 heterocycles. The van der Waals surface area contributed by atoms with Crippen LogP contribution in [0.1, 0.15) is 12.5 Å². The average molecular weight is 376 g/mol. The predicted octanol–water partition coefficient (Wildman–Crippen LogP) is 3.95. The Kier molecular flexibility index (Phi) is 5.66. The molecule has 0 aliphatic carbocycles. The van der Waals surface area contributed by atoms with Gasteiger partial charge in [-0.2, -0.15) is 0 Å². The minimum atomic E-state index is -0.403. The van der Waals surface area contributed by atoms with E-state index in [1.54, 1.807) is 24.0 Å². The highest BCUT2D eigenvalue weighted by atomic mass is 35.5. The lowest BCUT2D eigenvalue weighted by Crippen LogP contribution is -2.34. The standard InChI is InChI=1S/C19H18ClNO3S/c1-13(25-16-8-6-15(20)7-9-16)19(23)24-12-18(22)21-11-10-14-4-2-3-5-17(14)21/h2-9,13H,10-12H2,1H3/t13-/m0/s1. The van der Waals surface area contributed by atoms with Crippen LogP contribution in [-0.2, 0) is 20.7 Å². The summed E-state index contributed by atoms with van der Waals surface area (Å²) in [5.74, 6) is -0.595. The normalized spacial score (nSPS) is 14.1. The predicted molar refractivity (Wildman–Crippen MR) is 100 cm³/mol. The summed E-state index contributed by atoms with van der Waals surface area (Å²) in [6.45, 7) is 2.15. The highest BCUT2D eigenvalue weighted by molar-refractivity contribution is 8.00. The maximum atomic E-state index is 12.4. The van der Waals surface area contributed by atoms with Gasteiger partial charge >= 0.3 is 5.97 Å². The Morgan fingerprint density at radius 3 is 2.68 bits per heavy atom. The van der Waals surface area contributed by atoms with Gasteiger partial charge in [-0.15, -0.1) is 11.8 Å². The molecule has 0 N–H and O–H groups in total. The molecule has 0 saturated heterocycles. The van der Waals surface area contributed by atoms with Crippen molar-refractivity contribution in [3.63, 3.8) is 0 Å². The number of halogens is 1. The van der Waals surface area contributed by atoms with Crippen LogP contribution in [-0.4, -0.2) is 30.3 Å². The van der Waals surface area contributed by atoms with E-state index in [1.807, 2.05) is 36.4 Å². The number of anilines is 1. The van der Waals surface area contributed by atoms with E-state index in [-0.39, 0.29) is 12.5 Å². The van der Waals surface area contributed by atoms with Gasteiger partial charge in [0.15, 0.2) is 6.61 Å². The Balaban J connectivity index is 1.52. The monoisotopic (exact) mass is 375 g/mol. The molecule has 0 bridgehead atoms. The molecule has 6 heteroatoms. The Hall–Kier alpha value is -1.98. The molecular weight excluding hydrogens is 358 g/mol. The Bertz CT molecular complexity index is 778. The van der Waals surface area contributed by atoms with Crippen LogP contribution in [0.2, 0.25) is 5.02 Å². The summed E-state index contributed by atoms with van der Waals surface area (Å²) in [4.78, 5) is 27.1. The number of thioether (sulfide) groups is 1. The zero-order valence-electron chi connectivity index (χ0n) is 13.8. The fourth-order valence-electron chi connectivity index (χ4n) is 2.69. The summed E-state index contributed by atoms with van der Waals surface area (Å²) in [5.41, 5.74) is 2.06. The van der Waals surface area contributed by atoms with Crippen LogP contribution in [0.15, 0.2) is 53.4 Å². The molecule has 0 aromatic heterocycles. The third-order valence-corrected chi connectivity index (χ3v) is 5.33. The molecule has 0 spiro atoms. The fourth-order valence-corrected chi connectivity index (χ4v) is 3.68. The van der Waals surface area contributed by atoms with Crippen molar-refractivity contribution >= 4 is 40.9 Å². The van der Waals surface area contributed by atoms with Crippen LogP contribution in [0.4, 0.5) is 5.69 Å². The number of carbonyl (C=O) groups is 2. The van der Waals surface area contributed by atoms with E-state index in [0.29, 0.717) is 11.6 Å². The minimum Gasteiger partial charge on any atom is -0.455 e. The summed E-state index contributed by atoms with van der Waals surface area (Å²) >= 11 is 7.23. The first-order valence-electron chi connectivity index (χ1n) is 8.02. The molecule has 25 heavy (non-hydrogen) atoms. The van der Waals surface area contributed by atoms with Gasteiger partial charge < -0.3 is 9.64 Å². The van der Waals surface area contributed by atoms with E-state index in [0.717, 1.165) is 22.6 Å². The maximum Gasteiger partial charge on any atom is 0.319 e. The van der Waals surface area contributed by atoms with Crippen molar-refractivity contribution in [2.24, 2.45) is 0 Å². The van der Waals surface area contributed by atoms with Crippen LogP contribution >= 0.6 is 23.4 Å². The molecule has 130 valence electrons. The highest BCUT2D eigenvalue weighted by Crippen LogP contribution is 2.28. The SMILES string of the molecule is C[C@H](Sc1ccc(Cl)cc1)C(=O)OCC(=O)N1CCc2ccccc21. The number of nitrogens with zero attached hydrogens (tertiary/aromatic N) is 1. The van der Waals surface area contributed by atoms with E-state index < -0.39 is 11.2 Å². The molecule has 0 saturated carbocycles. The van der Waals surface area contributed by atoms with Crippen LogP contribution in [0, 0.1) is 0 Å². The van der Waals surface area contributed by atoms with Crippen molar-refractivity contribution in [2.75, 3.05) is 18.1 Å². The number of carbonyl (C=O) groups excluding carboxylic acids is 2. The molecule has 0 radical (unpaired) electrons. The molecule has 2 aromatic carbocycles. The molecule has 1 aliphatic rings. The number of esters is 1. The number of hydrogen-bond acceptors (Lipinski definition) is 4. The number of hydrogen-bond donors (Lipinski definition) is 0. The summed E-state index contributed by atoms with van der Waals surface area (Å²) < 4.78 is 5.21. The topological polar surface area (TPSA) is 46.6 Å². The van der Waals surface area contributed by atoms with Gasteiger partial charge in [0, 0.05) is 22.2 Å². The van der Waals surface area contributed by atoms with Crippen LogP contribution in [0.3, 0.4) is 0 Å². The Labute approximate surface area is 156 Å². The number of fused-ring (bicyclic) bond motifs is 1. The van der Waals surface area contributed by atoms with Crippen LogP contribution in [0.5, 0.6) is 0 Å². The maximum absolute atomic E-state index is 12.4. The van der Waals surface area contributed by atoms with Gasteiger partial charge in [-0.25, -0.2) is 0 Å². The van der Waals surface area contributed by atoms with Crippen molar-refractivity contribution in [1.29, 1.82) is 0 Å². The third kappa shape index (κ3) is 4.35. The zero-order valence-corrected chi connectivity index (χ0v) is 15.3. The molecule has 3 rings (SSSR count). The van der Waals surface area contributed by atoms with Crippen molar-refractivity contribution in [3.8, 4) is 0 Å².